The molecule has 1 aromatic carbocycles. The SMILES string of the molecule is Cn1ncc2c(=O)n(CCC(=O)OCC(=O)Nc3ccc(OC(F)F)c(Cl)c3)cnc21. The van der Waals surface area contributed by atoms with E-state index in [0.717, 1.165) is 0 Å². The number of aryl methyl sites for hydroxylation is 2. The van der Waals surface area contributed by atoms with Crippen molar-refractivity contribution in [2.45, 2.75) is 19.6 Å². The number of ether oxygens (including phenoxy) is 2. The first-order valence-corrected chi connectivity index (χ1v) is 9.19. The summed E-state index contributed by atoms with van der Waals surface area (Å²) in [6.45, 7) is -3.60. The Hall–Kier alpha value is -3.54. The fourth-order valence-corrected chi connectivity index (χ4v) is 2.85. The summed E-state index contributed by atoms with van der Waals surface area (Å²) in [6, 6.07) is 3.69. The van der Waals surface area contributed by atoms with Crippen LogP contribution in [0.3, 0.4) is 0 Å². The topological polar surface area (TPSA) is 117 Å². The second-order valence-electron chi connectivity index (χ2n) is 6.23. The highest BCUT2D eigenvalue weighted by molar-refractivity contribution is 6.32. The molecule has 1 amide bonds. The fourth-order valence-electron chi connectivity index (χ4n) is 2.62. The predicted octanol–water partition coefficient (Wildman–Crippen LogP) is 1.96. The van der Waals surface area contributed by atoms with E-state index in [2.05, 4.69) is 20.1 Å². The number of hydrogen-bond acceptors (Lipinski definition) is 7. The molecule has 164 valence electrons. The average Bonchev–Trinajstić information content (AvgIpc) is 3.09. The molecule has 0 aliphatic rings. The Labute approximate surface area is 178 Å². The lowest BCUT2D eigenvalue weighted by Crippen LogP contribution is -2.24. The minimum atomic E-state index is -3.03. The molecule has 10 nitrogen and oxygen atoms in total. The second-order valence-corrected chi connectivity index (χ2v) is 6.64. The molecule has 0 atom stereocenters. The number of carbonyl (C=O) groups is 2. The van der Waals surface area contributed by atoms with E-state index < -0.39 is 25.1 Å². The van der Waals surface area contributed by atoms with Crippen molar-refractivity contribution in [3.05, 3.63) is 46.1 Å². The van der Waals surface area contributed by atoms with Crippen molar-refractivity contribution in [2.75, 3.05) is 11.9 Å². The van der Waals surface area contributed by atoms with Gasteiger partial charge >= 0.3 is 12.6 Å². The first-order chi connectivity index (χ1) is 14.7. The number of alkyl halides is 2. The van der Waals surface area contributed by atoms with Gasteiger partial charge in [0.25, 0.3) is 11.5 Å². The zero-order valence-corrected chi connectivity index (χ0v) is 16.8. The molecule has 0 saturated carbocycles. The Kier molecular flexibility index (Phi) is 6.80. The van der Waals surface area contributed by atoms with Gasteiger partial charge < -0.3 is 14.8 Å². The number of amides is 1. The third kappa shape index (κ3) is 5.54. The van der Waals surface area contributed by atoms with Gasteiger partial charge in [-0.25, -0.2) is 4.98 Å². The van der Waals surface area contributed by atoms with Crippen molar-refractivity contribution in [1.29, 1.82) is 0 Å². The Morgan fingerprint density at radius 2 is 2.10 bits per heavy atom. The van der Waals surface area contributed by atoms with Crippen molar-refractivity contribution >= 4 is 40.2 Å². The molecule has 3 rings (SSSR count). The van der Waals surface area contributed by atoms with Crippen LogP contribution in [0, 0.1) is 0 Å². The first-order valence-electron chi connectivity index (χ1n) is 8.81. The van der Waals surface area contributed by atoms with Gasteiger partial charge in [-0.1, -0.05) is 11.6 Å². The number of aromatic nitrogens is 4. The Balaban J connectivity index is 1.48. The largest absolute Gasteiger partial charge is 0.456 e. The summed E-state index contributed by atoms with van der Waals surface area (Å²) in [5.74, 6) is -1.61. The Morgan fingerprint density at radius 3 is 2.81 bits per heavy atom. The maximum atomic E-state index is 12.3. The summed E-state index contributed by atoms with van der Waals surface area (Å²) in [5, 5.41) is 6.56. The predicted molar refractivity (Wildman–Crippen MR) is 105 cm³/mol. The number of nitrogens with one attached hydrogen (secondary N) is 1. The third-order valence-electron chi connectivity index (χ3n) is 4.07. The van der Waals surface area contributed by atoms with Crippen molar-refractivity contribution in [3.63, 3.8) is 0 Å². The number of hydrogen-bond donors (Lipinski definition) is 1. The molecule has 0 fully saturated rings. The zero-order chi connectivity index (χ0) is 22.5. The molecule has 0 unspecified atom stereocenters. The highest BCUT2D eigenvalue weighted by Gasteiger charge is 2.13. The van der Waals surface area contributed by atoms with E-state index in [-0.39, 0.29) is 35.0 Å². The van der Waals surface area contributed by atoms with E-state index in [9.17, 15) is 23.2 Å². The molecule has 13 heteroatoms. The number of fused-ring (bicyclic) bond motifs is 1. The lowest BCUT2D eigenvalue weighted by molar-refractivity contribution is -0.147. The van der Waals surface area contributed by atoms with Gasteiger partial charge in [0.05, 0.1) is 24.0 Å². The standard InChI is InChI=1S/C18H16ClF2N5O5/c1-25-16-11(7-23-25)17(29)26(9-22-16)5-4-15(28)30-8-14(27)24-10-2-3-13(12(19)6-10)31-18(20)21/h2-3,6-7,9,18H,4-5,8H2,1H3,(H,24,27). The molecule has 31 heavy (non-hydrogen) atoms. The highest BCUT2D eigenvalue weighted by Crippen LogP contribution is 2.28. The van der Waals surface area contributed by atoms with E-state index >= 15 is 0 Å². The Morgan fingerprint density at radius 1 is 1.32 bits per heavy atom. The monoisotopic (exact) mass is 455 g/mol. The number of carbonyl (C=O) groups excluding carboxylic acids is 2. The molecule has 2 heterocycles. The lowest BCUT2D eigenvalue weighted by atomic mass is 10.3. The lowest BCUT2D eigenvalue weighted by Gasteiger charge is -2.10. The van der Waals surface area contributed by atoms with Gasteiger partial charge in [0.1, 0.15) is 11.1 Å². The van der Waals surface area contributed by atoms with Crippen molar-refractivity contribution in [1.82, 2.24) is 19.3 Å². The van der Waals surface area contributed by atoms with Crippen LogP contribution in [-0.4, -0.2) is 44.4 Å². The fraction of sp³-hybridized carbons (Fsp3) is 0.278. The molecule has 0 aliphatic heterocycles. The van der Waals surface area contributed by atoms with E-state index in [1.807, 2.05) is 0 Å². The van der Waals surface area contributed by atoms with Gasteiger partial charge in [0.15, 0.2) is 12.3 Å². The van der Waals surface area contributed by atoms with Crippen LogP contribution in [0.2, 0.25) is 5.02 Å². The molecule has 0 spiro atoms. The molecule has 2 aromatic heterocycles. The van der Waals surface area contributed by atoms with Crippen LogP contribution in [0.25, 0.3) is 11.0 Å². The van der Waals surface area contributed by atoms with Crippen LogP contribution in [-0.2, 0) is 27.9 Å². The molecule has 1 N–H and O–H groups in total. The van der Waals surface area contributed by atoms with Gasteiger partial charge in [0, 0.05) is 19.3 Å². The summed E-state index contributed by atoms with van der Waals surface area (Å²) < 4.78 is 36.2. The van der Waals surface area contributed by atoms with Gasteiger partial charge in [-0.3, -0.25) is 23.6 Å². The van der Waals surface area contributed by atoms with Gasteiger partial charge in [-0.2, -0.15) is 13.9 Å². The molecule has 0 aliphatic carbocycles. The molecule has 0 radical (unpaired) electrons. The number of esters is 1. The number of anilines is 1. The number of halogens is 3. The van der Waals surface area contributed by atoms with Crippen LogP contribution in [0.4, 0.5) is 14.5 Å². The molecular formula is C18H16ClF2N5O5. The zero-order valence-electron chi connectivity index (χ0n) is 16.0. The van der Waals surface area contributed by atoms with Gasteiger partial charge in [-0.15, -0.1) is 0 Å². The maximum absolute atomic E-state index is 12.3. The van der Waals surface area contributed by atoms with Crippen LogP contribution in [0.15, 0.2) is 35.5 Å². The van der Waals surface area contributed by atoms with Crippen LogP contribution in [0.5, 0.6) is 5.75 Å². The van der Waals surface area contributed by atoms with E-state index in [1.54, 1.807) is 7.05 Å². The summed E-state index contributed by atoms with van der Waals surface area (Å²) in [6.07, 6.45) is 2.53. The molecule has 3 aromatic rings. The van der Waals surface area contributed by atoms with E-state index in [0.29, 0.717) is 11.0 Å². The normalized spacial score (nSPS) is 11.0. The number of nitrogens with zero attached hydrogens (tertiary/aromatic N) is 4. The smallest absolute Gasteiger partial charge is 0.387 e. The second kappa shape index (κ2) is 9.51. The molecule has 0 bridgehead atoms. The quantitative estimate of drug-likeness (QED) is 0.516. The van der Waals surface area contributed by atoms with E-state index in [1.165, 1.54) is 40.0 Å². The van der Waals surface area contributed by atoms with Gasteiger partial charge in [0.2, 0.25) is 0 Å². The third-order valence-corrected chi connectivity index (χ3v) is 4.37. The maximum Gasteiger partial charge on any atom is 0.387 e. The summed E-state index contributed by atoms with van der Waals surface area (Å²) in [5.41, 5.74) is 0.282. The molecular weight excluding hydrogens is 440 g/mol. The number of rotatable bonds is 8. The number of benzene rings is 1. The molecule has 0 saturated heterocycles. The summed E-state index contributed by atoms with van der Waals surface area (Å²) in [7, 11) is 1.65. The van der Waals surface area contributed by atoms with Crippen molar-refractivity contribution < 1.29 is 27.8 Å². The highest BCUT2D eigenvalue weighted by atomic mass is 35.5. The Bertz CT molecular complexity index is 1180. The van der Waals surface area contributed by atoms with Gasteiger partial charge in [-0.05, 0) is 18.2 Å². The summed E-state index contributed by atoms with van der Waals surface area (Å²) in [4.78, 5) is 40.2. The van der Waals surface area contributed by atoms with Crippen LogP contribution < -0.4 is 15.6 Å². The van der Waals surface area contributed by atoms with Crippen LogP contribution >= 0.6 is 11.6 Å². The average molecular weight is 456 g/mol. The van der Waals surface area contributed by atoms with Crippen molar-refractivity contribution in [3.8, 4) is 5.75 Å². The minimum Gasteiger partial charge on any atom is -0.456 e. The van der Waals surface area contributed by atoms with Crippen LogP contribution in [0.1, 0.15) is 6.42 Å². The first kappa shape index (κ1) is 22.2. The summed E-state index contributed by atoms with van der Waals surface area (Å²) >= 11 is 5.80. The minimum absolute atomic E-state index is 0.0122. The van der Waals surface area contributed by atoms with E-state index in [4.69, 9.17) is 16.3 Å². The van der Waals surface area contributed by atoms with Crippen molar-refractivity contribution in [2.24, 2.45) is 7.05 Å².